The Morgan fingerprint density at radius 3 is 2.08 bits per heavy atom. The first-order chi connectivity index (χ1) is 17.6. The van der Waals surface area contributed by atoms with E-state index in [1.807, 2.05) is 6.07 Å². The number of primary amides is 1. The third kappa shape index (κ3) is 5.77. The van der Waals surface area contributed by atoms with Crippen molar-refractivity contribution in [1.29, 1.82) is 0 Å². The van der Waals surface area contributed by atoms with E-state index in [2.05, 4.69) is 0 Å². The molecule has 37 heavy (non-hydrogen) atoms. The molecule has 188 valence electrons. The summed E-state index contributed by atoms with van der Waals surface area (Å²) in [6.07, 6.45) is 0. The van der Waals surface area contributed by atoms with Gasteiger partial charge in [-0.15, -0.1) is 0 Å². The van der Waals surface area contributed by atoms with Crippen LogP contribution in [0.15, 0.2) is 95.9 Å². The van der Waals surface area contributed by atoms with Gasteiger partial charge in [-0.2, -0.15) is 0 Å². The molecular formula is C29H23Cl2NO4S. The first kappa shape index (κ1) is 26.6. The van der Waals surface area contributed by atoms with E-state index in [0.717, 1.165) is 0 Å². The Kier molecular flexibility index (Phi) is 7.83. The van der Waals surface area contributed by atoms with E-state index in [9.17, 15) is 18.0 Å². The maximum atomic E-state index is 13.4. The van der Waals surface area contributed by atoms with Crippen LogP contribution in [-0.4, -0.2) is 25.9 Å². The highest BCUT2D eigenvalue weighted by atomic mass is 35.5. The molecule has 8 heteroatoms. The van der Waals surface area contributed by atoms with Crippen molar-refractivity contribution >= 4 is 44.7 Å². The zero-order valence-corrected chi connectivity index (χ0v) is 22.1. The molecule has 0 saturated heterocycles. The molecule has 0 bridgehead atoms. The number of ketones is 1. The minimum atomic E-state index is -3.41. The highest BCUT2D eigenvalue weighted by Crippen LogP contribution is 2.35. The van der Waals surface area contributed by atoms with Gasteiger partial charge in [0.15, 0.2) is 15.6 Å². The molecule has 1 atom stereocenters. The zero-order valence-electron chi connectivity index (χ0n) is 19.8. The lowest BCUT2D eigenvalue weighted by Gasteiger charge is -2.18. The van der Waals surface area contributed by atoms with E-state index in [4.69, 9.17) is 28.9 Å². The summed E-state index contributed by atoms with van der Waals surface area (Å²) in [5, 5.41) is 0.843. The van der Waals surface area contributed by atoms with Gasteiger partial charge in [-0.05, 0) is 59.2 Å². The third-order valence-electron chi connectivity index (χ3n) is 6.07. The maximum absolute atomic E-state index is 13.4. The topological polar surface area (TPSA) is 94.3 Å². The van der Waals surface area contributed by atoms with Crippen molar-refractivity contribution in [2.24, 2.45) is 5.73 Å². The fraction of sp³-hybridized carbons (Fsp3) is 0.103. The lowest BCUT2D eigenvalue weighted by Crippen LogP contribution is -2.23. The van der Waals surface area contributed by atoms with Gasteiger partial charge in [-0.25, -0.2) is 8.42 Å². The summed E-state index contributed by atoms with van der Waals surface area (Å²) in [5.41, 5.74) is 8.88. The van der Waals surface area contributed by atoms with Gasteiger partial charge >= 0.3 is 0 Å². The van der Waals surface area contributed by atoms with E-state index < -0.39 is 21.7 Å². The smallest absolute Gasteiger partial charge is 0.229 e. The van der Waals surface area contributed by atoms with Crippen LogP contribution in [0.5, 0.6) is 0 Å². The fourth-order valence-corrected chi connectivity index (χ4v) is 5.54. The van der Waals surface area contributed by atoms with Gasteiger partial charge in [-0.3, -0.25) is 9.59 Å². The van der Waals surface area contributed by atoms with Crippen molar-refractivity contribution in [2.45, 2.75) is 17.7 Å². The van der Waals surface area contributed by atoms with Gasteiger partial charge in [-0.1, -0.05) is 78.7 Å². The van der Waals surface area contributed by atoms with Crippen molar-refractivity contribution < 1.29 is 18.0 Å². The summed E-state index contributed by atoms with van der Waals surface area (Å²) >= 11 is 12.6. The van der Waals surface area contributed by atoms with Crippen molar-refractivity contribution in [1.82, 2.24) is 0 Å². The van der Waals surface area contributed by atoms with Crippen molar-refractivity contribution in [3.8, 4) is 11.1 Å². The first-order valence-corrected chi connectivity index (χ1v) is 13.8. The second-order valence-corrected chi connectivity index (χ2v) is 11.6. The number of nitrogens with two attached hydrogens (primary N) is 1. The quantitative estimate of drug-likeness (QED) is 0.260. The molecule has 1 unspecified atom stereocenters. The Morgan fingerprint density at radius 2 is 1.49 bits per heavy atom. The lowest BCUT2D eigenvalue weighted by atomic mass is 9.86. The molecule has 4 aromatic carbocycles. The third-order valence-corrected chi connectivity index (χ3v) is 8.36. The Morgan fingerprint density at radius 1 is 0.811 bits per heavy atom. The van der Waals surface area contributed by atoms with Crippen LogP contribution in [-0.2, 0) is 14.6 Å². The summed E-state index contributed by atoms with van der Waals surface area (Å²) in [7, 11) is -3.41. The molecule has 0 aliphatic rings. The molecule has 5 nitrogen and oxygen atoms in total. The SMILES string of the molecule is CCS(=O)(=O)c1ccc(C(C(N)=O)c2cc(C(=O)c3ccccc3)cc(-c3ccc(Cl)cc3Cl)c2)cc1. The number of halogens is 2. The van der Waals surface area contributed by atoms with Crippen LogP contribution in [0.25, 0.3) is 11.1 Å². The summed E-state index contributed by atoms with van der Waals surface area (Å²) in [4.78, 5) is 26.3. The van der Waals surface area contributed by atoms with Crippen molar-refractivity contribution in [2.75, 3.05) is 5.75 Å². The first-order valence-electron chi connectivity index (χ1n) is 11.4. The van der Waals surface area contributed by atoms with Crippen LogP contribution in [0.4, 0.5) is 0 Å². The minimum Gasteiger partial charge on any atom is -0.369 e. The van der Waals surface area contributed by atoms with Crippen LogP contribution >= 0.6 is 23.2 Å². The van der Waals surface area contributed by atoms with E-state index in [1.54, 1.807) is 79.7 Å². The molecule has 4 aromatic rings. The number of hydrogen-bond donors (Lipinski definition) is 1. The molecule has 0 aliphatic carbocycles. The summed E-state index contributed by atoms with van der Waals surface area (Å²) < 4.78 is 24.5. The Bertz CT molecular complexity index is 1580. The van der Waals surface area contributed by atoms with Crippen LogP contribution < -0.4 is 5.73 Å². The van der Waals surface area contributed by atoms with E-state index in [-0.39, 0.29) is 16.4 Å². The molecule has 0 spiro atoms. The average Bonchev–Trinajstić information content (AvgIpc) is 2.89. The summed E-state index contributed by atoms with van der Waals surface area (Å²) in [5.74, 6) is -1.86. The monoisotopic (exact) mass is 551 g/mol. The Balaban J connectivity index is 1.90. The second kappa shape index (κ2) is 10.9. The van der Waals surface area contributed by atoms with Gasteiger partial charge < -0.3 is 5.73 Å². The number of carbonyl (C=O) groups is 2. The van der Waals surface area contributed by atoms with Crippen LogP contribution in [0.1, 0.15) is 39.9 Å². The van der Waals surface area contributed by atoms with Crippen LogP contribution in [0.2, 0.25) is 10.0 Å². The normalized spacial score (nSPS) is 12.2. The molecule has 4 rings (SSSR count). The average molecular weight is 552 g/mol. The summed E-state index contributed by atoms with van der Waals surface area (Å²) in [6, 6.07) is 25.0. The minimum absolute atomic E-state index is 0.0412. The fourth-order valence-electron chi connectivity index (χ4n) is 4.14. The predicted molar refractivity (Wildman–Crippen MR) is 147 cm³/mol. The number of rotatable bonds is 8. The maximum Gasteiger partial charge on any atom is 0.229 e. The number of sulfone groups is 1. The number of benzene rings is 4. The van der Waals surface area contributed by atoms with Crippen molar-refractivity contribution in [3.63, 3.8) is 0 Å². The number of amides is 1. The van der Waals surface area contributed by atoms with Gasteiger partial charge in [0.1, 0.15) is 0 Å². The molecule has 0 heterocycles. The largest absolute Gasteiger partial charge is 0.369 e. The molecule has 0 saturated carbocycles. The zero-order chi connectivity index (χ0) is 26.7. The number of carbonyl (C=O) groups excluding carboxylic acids is 2. The molecule has 0 fully saturated rings. The second-order valence-electron chi connectivity index (χ2n) is 8.47. The standard InChI is InChI=1S/C29H23Cl2NO4S/c1-2-37(35,36)24-11-8-18(9-12-24)27(29(32)34)21-14-20(25-13-10-23(30)17-26(25)31)15-22(16-21)28(33)19-6-4-3-5-7-19/h3-17,27H,2H2,1H3,(H2,32,34). The van der Waals surface area contributed by atoms with Crippen LogP contribution in [0.3, 0.4) is 0 Å². The van der Waals surface area contributed by atoms with Crippen molar-refractivity contribution in [3.05, 3.63) is 123 Å². The summed E-state index contributed by atoms with van der Waals surface area (Å²) in [6.45, 7) is 1.56. The molecular weight excluding hydrogens is 529 g/mol. The molecule has 0 radical (unpaired) electrons. The van der Waals surface area contributed by atoms with E-state index in [0.29, 0.717) is 43.4 Å². The van der Waals surface area contributed by atoms with Crippen LogP contribution in [0, 0.1) is 0 Å². The Labute approximate surface area is 225 Å². The molecule has 2 N–H and O–H groups in total. The molecule has 0 aliphatic heterocycles. The molecule has 0 aromatic heterocycles. The van der Waals surface area contributed by atoms with Gasteiger partial charge in [0, 0.05) is 26.7 Å². The Hall–Kier alpha value is -3.45. The van der Waals surface area contributed by atoms with Gasteiger partial charge in [0.25, 0.3) is 0 Å². The number of hydrogen-bond acceptors (Lipinski definition) is 4. The highest BCUT2D eigenvalue weighted by Gasteiger charge is 2.24. The molecule has 1 amide bonds. The predicted octanol–water partition coefficient (Wildman–Crippen LogP) is 6.30. The van der Waals surface area contributed by atoms with Gasteiger partial charge in [0.05, 0.1) is 16.6 Å². The van der Waals surface area contributed by atoms with E-state index >= 15 is 0 Å². The van der Waals surface area contributed by atoms with Gasteiger partial charge in [0.2, 0.25) is 5.91 Å². The van der Waals surface area contributed by atoms with E-state index in [1.165, 1.54) is 12.1 Å². The highest BCUT2D eigenvalue weighted by molar-refractivity contribution is 7.91. The lowest BCUT2D eigenvalue weighted by molar-refractivity contribution is -0.118.